The number of hydrogen-bond acceptors (Lipinski definition) is 3. The van der Waals surface area contributed by atoms with Crippen molar-refractivity contribution in [1.29, 1.82) is 0 Å². The molecule has 2 aromatic rings. The van der Waals surface area contributed by atoms with E-state index in [1.165, 1.54) is 16.7 Å². The lowest BCUT2D eigenvalue weighted by Gasteiger charge is -2.42. The van der Waals surface area contributed by atoms with Gasteiger partial charge in [0.15, 0.2) is 8.32 Å². The predicted molar refractivity (Wildman–Crippen MR) is 147 cm³/mol. The van der Waals surface area contributed by atoms with Gasteiger partial charge in [-0.3, -0.25) is 0 Å². The molecule has 0 heterocycles. The smallest absolute Gasteiger partial charge is 0.193 e. The highest BCUT2D eigenvalue weighted by Crippen LogP contribution is 2.60. The largest absolute Gasteiger partial charge is 0.407 e. The van der Waals surface area contributed by atoms with Crippen LogP contribution in [0.5, 0.6) is 0 Å². The minimum Gasteiger partial charge on any atom is -0.407 e. The predicted octanol–water partition coefficient (Wildman–Crippen LogP) is 7.70. The van der Waals surface area contributed by atoms with E-state index in [0.717, 1.165) is 31.0 Å². The first-order valence-electron chi connectivity index (χ1n) is 13.4. The summed E-state index contributed by atoms with van der Waals surface area (Å²) >= 11 is 0. The van der Waals surface area contributed by atoms with Gasteiger partial charge in [0.05, 0.1) is 31.5 Å². The number of ether oxygens (including phenoxy) is 2. The van der Waals surface area contributed by atoms with E-state index in [1.807, 2.05) is 6.07 Å². The van der Waals surface area contributed by atoms with Gasteiger partial charge in [0.2, 0.25) is 0 Å². The molecule has 0 N–H and O–H groups in total. The van der Waals surface area contributed by atoms with Crippen molar-refractivity contribution in [3.05, 3.63) is 96.1 Å². The zero-order valence-corrected chi connectivity index (χ0v) is 22.7. The van der Waals surface area contributed by atoms with Crippen LogP contribution in [0.25, 0.3) is 0 Å². The van der Waals surface area contributed by atoms with Crippen LogP contribution in [-0.4, -0.2) is 26.6 Å². The SMILES string of the molecule is C=C[C@@]1(O[Si](CC)(CC)CC)[C@@H]2CC[C@H]1/C(=C\COCc1ccccc1)[C@@H]2OCc1ccccc1. The molecule has 2 fully saturated rings. The van der Waals surface area contributed by atoms with Gasteiger partial charge in [0, 0.05) is 11.8 Å². The van der Waals surface area contributed by atoms with Crippen LogP contribution >= 0.6 is 0 Å². The Kier molecular flexibility index (Phi) is 8.82. The Morgan fingerprint density at radius 3 is 2.06 bits per heavy atom. The third-order valence-electron chi connectivity index (χ3n) is 8.45. The summed E-state index contributed by atoms with van der Waals surface area (Å²) in [5.41, 5.74) is 3.45. The molecule has 0 spiro atoms. The van der Waals surface area contributed by atoms with E-state index in [9.17, 15) is 0 Å². The van der Waals surface area contributed by atoms with Crippen LogP contribution in [0.15, 0.2) is 85.0 Å². The van der Waals surface area contributed by atoms with Gasteiger partial charge in [-0.25, -0.2) is 0 Å². The minimum atomic E-state index is -1.83. The second-order valence-corrected chi connectivity index (χ2v) is 14.8. The van der Waals surface area contributed by atoms with E-state index >= 15 is 0 Å². The molecule has 4 rings (SSSR count). The lowest BCUT2D eigenvalue weighted by molar-refractivity contribution is -0.0119. The Bertz CT molecular complexity index is 961. The summed E-state index contributed by atoms with van der Waals surface area (Å²) in [5, 5.41) is 0. The third kappa shape index (κ3) is 5.41. The molecule has 0 aromatic heterocycles. The van der Waals surface area contributed by atoms with Gasteiger partial charge < -0.3 is 13.9 Å². The first-order chi connectivity index (χ1) is 17.1. The average molecular weight is 491 g/mol. The Labute approximate surface area is 213 Å². The lowest BCUT2D eigenvalue weighted by Crippen LogP contribution is -2.49. The fourth-order valence-corrected chi connectivity index (χ4v) is 9.32. The maximum atomic E-state index is 7.32. The topological polar surface area (TPSA) is 27.7 Å². The molecule has 2 saturated carbocycles. The lowest BCUT2D eigenvalue weighted by atomic mass is 9.90. The fraction of sp³-hybridized carbons (Fsp3) is 0.484. The van der Waals surface area contributed by atoms with E-state index in [1.54, 1.807) is 0 Å². The molecular formula is C31H42O3Si. The summed E-state index contributed by atoms with van der Waals surface area (Å²) in [7, 11) is -1.83. The summed E-state index contributed by atoms with van der Waals surface area (Å²) in [4.78, 5) is 0. The molecule has 3 nitrogen and oxygen atoms in total. The van der Waals surface area contributed by atoms with Crippen molar-refractivity contribution in [3.8, 4) is 0 Å². The molecule has 2 aromatic carbocycles. The molecule has 0 aliphatic heterocycles. The van der Waals surface area contributed by atoms with Gasteiger partial charge in [-0.15, -0.1) is 6.58 Å². The zero-order valence-electron chi connectivity index (χ0n) is 21.7. The molecule has 4 atom stereocenters. The van der Waals surface area contributed by atoms with Gasteiger partial charge in [-0.1, -0.05) is 93.6 Å². The fourth-order valence-electron chi connectivity index (χ4n) is 6.26. The monoisotopic (exact) mass is 490 g/mol. The molecule has 2 aliphatic carbocycles. The van der Waals surface area contributed by atoms with Crippen molar-refractivity contribution in [1.82, 2.24) is 0 Å². The Morgan fingerprint density at radius 1 is 0.886 bits per heavy atom. The summed E-state index contributed by atoms with van der Waals surface area (Å²) < 4.78 is 20.1. The van der Waals surface area contributed by atoms with Crippen LogP contribution in [0.4, 0.5) is 0 Å². The molecular weight excluding hydrogens is 448 g/mol. The Hall–Kier alpha value is -1.98. The summed E-state index contributed by atoms with van der Waals surface area (Å²) in [5.74, 6) is 0.633. The summed E-state index contributed by atoms with van der Waals surface area (Å²) in [6.07, 6.45) is 6.73. The highest BCUT2D eigenvalue weighted by atomic mass is 28.4. The van der Waals surface area contributed by atoms with Crippen LogP contribution in [0, 0.1) is 11.8 Å². The van der Waals surface area contributed by atoms with Crippen molar-refractivity contribution in [2.75, 3.05) is 6.61 Å². The summed E-state index contributed by atoms with van der Waals surface area (Å²) in [6, 6.07) is 24.3. The average Bonchev–Trinajstić information content (AvgIpc) is 3.39. The van der Waals surface area contributed by atoms with Gasteiger partial charge >= 0.3 is 0 Å². The van der Waals surface area contributed by atoms with Crippen LogP contribution in [0.3, 0.4) is 0 Å². The second kappa shape index (κ2) is 11.8. The molecule has 0 unspecified atom stereocenters. The molecule has 0 saturated heterocycles. The molecule has 2 aliphatic rings. The van der Waals surface area contributed by atoms with Crippen LogP contribution < -0.4 is 0 Å². The van der Waals surface area contributed by atoms with Crippen molar-refractivity contribution in [2.45, 2.75) is 76.7 Å². The van der Waals surface area contributed by atoms with E-state index in [0.29, 0.717) is 31.7 Å². The van der Waals surface area contributed by atoms with Gasteiger partial charge in [0.25, 0.3) is 0 Å². The van der Waals surface area contributed by atoms with Crippen molar-refractivity contribution in [2.24, 2.45) is 11.8 Å². The standard InChI is InChI=1S/C31H42O3Si/c1-5-31(34-35(6-2,7-3)8-4)28-19-20-29(31)30(33-24-26-17-13-10-14-18-26)27(28)21-22-32-23-25-15-11-9-12-16-25/h5,9-18,21,28-30H,1,6-8,19-20,22-24H2,2-4H3/b27-21+/t28-,29+,30-,31-/m0/s1. The van der Waals surface area contributed by atoms with E-state index in [-0.39, 0.29) is 11.7 Å². The number of fused-ring (bicyclic) bond motifs is 2. The first-order valence-corrected chi connectivity index (χ1v) is 15.9. The van der Waals surface area contributed by atoms with Gasteiger partial charge in [0.1, 0.15) is 0 Å². The van der Waals surface area contributed by atoms with Crippen LogP contribution in [0.1, 0.15) is 44.7 Å². The molecule has 0 amide bonds. The van der Waals surface area contributed by atoms with Crippen molar-refractivity contribution in [3.63, 3.8) is 0 Å². The van der Waals surface area contributed by atoms with E-state index < -0.39 is 8.32 Å². The number of benzene rings is 2. The van der Waals surface area contributed by atoms with Crippen LogP contribution in [-0.2, 0) is 27.1 Å². The quantitative estimate of drug-likeness (QED) is 0.164. The van der Waals surface area contributed by atoms with E-state index in [2.05, 4.69) is 94.1 Å². The molecule has 4 heteroatoms. The highest BCUT2D eigenvalue weighted by molar-refractivity contribution is 6.73. The number of rotatable bonds is 13. The highest BCUT2D eigenvalue weighted by Gasteiger charge is 2.63. The Morgan fingerprint density at radius 2 is 1.49 bits per heavy atom. The van der Waals surface area contributed by atoms with Crippen molar-refractivity contribution < 1.29 is 13.9 Å². The third-order valence-corrected chi connectivity index (χ3v) is 13.1. The van der Waals surface area contributed by atoms with Gasteiger partial charge in [-0.2, -0.15) is 0 Å². The molecule has 0 radical (unpaired) electrons. The molecule has 188 valence electrons. The van der Waals surface area contributed by atoms with Crippen molar-refractivity contribution >= 4 is 8.32 Å². The van der Waals surface area contributed by atoms with E-state index in [4.69, 9.17) is 13.9 Å². The maximum absolute atomic E-state index is 7.32. The van der Waals surface area contributed by atoms with Crippen LogP contribution in [0.2, 0.25) is 18.1 Å². The molecule has 35 heavy (non-hydrogen) atoms. The first kappa shape index (κ1) is 26.1. The number of hydrogen-bond donors (Lipinski definition) is 0. The summed E-state index contributed by atoms with van der Waals surface area (Å²) in [6.45, 7) is 13.1. The normalized spacial score (nSPS) is 26.9. The molecule has 2 bridgehead atoms. The zero-order chi connectivity index (χ0) is 24.7. The maximum Gasteiger partial charge on any atom is 0.193 e. The van der Waals surface area contributed by atoms with Gasteiger partial charge in [-0.05, 0) is 47.7 Å². The Balaban J connectivity index is 1.57. The minimum absolute atomic E-state index is 0.0459. The second-order valence-electron chi connectivity index (χ2n) is 10.1.